The van der Waals surface area contributed by atoms with Crippen LogP contribution in [-0.2, 0) is 19.5 Å². The van der Waals surface area contributed by atoms with Gasteiger partial charge in [0.05, 0.1) is 18.1 Å². The van der Waals surface area contributed by atoms with Crippen LogP contribution in [-0.4, -0.2) is 49.9 Å². The van der Waals surface area contributed by atoms with Crippen molar-refractivity contribution in [3.05, 3.63) is 29.8 Å². The zero-order chi connectivity index (χ0) is 20.0. The lowest BCUT2D eigenvalue weighted by atomic mass is 10.2. The molecule has 2 amide bonds. The van der Waals surface area contributed by atoms with Gasteiger partial charge in [-0.1, -0.05) is 41.3 Å². The van der Waals surface area contributed by atoms with Gasteiger partial charge in [-0.15, -0.1) is 10.2 Å². The molecule has 2 aromatic rings. The van der Waals surface area contributed by atoms with E-state index in [0.717, 1.165) is 18.6 Å². The first-order valence-electron chi connectivity index (χ1n) is 8.53. The van der Waals surface area contributed by atoms with Crippen LogP contribution in [0.2, 0.25) is 0 Å². The van der Waals surface area contributed by atoms with Crippen LogP contribution in [0.1, 0.15) is 18.4 Å². The van der Waals surface area contributed by atoms with E-state index in [9.17, 15) is 13.2 Å². The van der Waals surface area contributed by atoms with Crippen molar-refractivity contribution in [3.8, 4) is 0 Å². The van der Waals surface area contributed by atoms with Gasteiger partial charge < -0.3 is 9.47 Å². The number of amides is 2. The summed E-state index contributed by atoms with van der Waals surface area (Å²) in [6, 6.07) is 5.52. The van der Waals surface area contributed by atoms with E-state index in [2.05, 4.69) is 15.5 Å². The van der Waals surface area contributed by atoms with E-state index in [1.807, 2.05) is 4.72 Å². The highest BCUT2D eigenvalue weighted by atomic mass is 32.2. The zero-order valence-corrected chi connectivity index (χ0v) is 17.5. The summed E-state index contributed by atoms with van der Waals surface area (Å²) in [6.07, 6.45) is 1.45. The Morgan fingerprint density at radius 3 is 2.79 bits per heavy atom. The van der Waals surface area contributed by atoms with Crippen molar-refractivity contribution < 1.29 is 22.7 Å². The number of ether oxygens (including phenoxy) is 2. The van der Waals surface area contributed by atoms with Crippen LogP contribution in [0.15, 0.2) is 33.5 Å². The maximum atomic E-state index is 12.3. The summed E-state index contributed by atoms with van der Waals surface area (Å²) in [5.41, 5.74) is 0.545. The normalized spacial score (nSPS) is 15.3. The van der Waals surface area contributed by atoms with Crippen LogP contribution in [0.25, 0.3) is 0 Å². The van der Waals surface area contributed by atoms with Crippen molar-refractivity contribution in [2.45, 2.75) is 35.3 Å². The number of carbonyl (C=O) groups is 1. The first kappa shape index (κ1) is 21.0. The third-order valence-corrected chi connectivity index (χ3v) is 7.21. The molecular weight excluding hydrogens is 424 g/mol. The molecule has 1 aliphatic heterocycles. The number of rotatable bonds is 7. The summed E-state index contributed by atoms with van der Waals surface area (Å²) in [5.74, 6) is 0.729. The Labute approximate surface area is 171 Å². The maximum absolute atomic E-state index is 12.3. The minimum Gasteiger partial charge on any atom is -0.353 e. The number of hydrogen-bond acceptors (Lipinski definition) is 9. The van der Waals surface area contributed by atoms with Crippen LogP contribution in [0.3, 0.4) is 0 Å². The van der Waals surface area contributed by atoms with E-state index in [0.29, 0.717) is 23.1 Å². The molecule has 28 heavy (non-hydrogen) atoms. The van der Waals surface area contributed by atoms with Crippen molar-refractivity contribution in [2.75, 3.05) is 24.3 Å². The highest BCUT2D eigenvalue weighted by molar-refractivity contribution is 8.01. The summed E-state index contributed by atoms with van der Waals surface area (Å²) < 4.78 is 38.2. The molecule has 0 unspecified atom stereocenters. The molecule has 2 N–H and O–H groups in total. The Morgan fingerprint density at radius 2 is 2.04 bits per heavy atom. The number of thioether (sulfide) groups is 1. The quantitative estimate of drug-likeness (QED) is 0.494. The van der Waals surface area contributed by atoms with Gasteiger partial charge in [-0.3, -0.25) is 5.32 Å². The summed E-state index contributed by atoms with van der Waals surface area (Å²) >= 11 is 2.63. The van der Waals surface area contributed by atoms with E-state index in [1.54, 1.807) is 25.1 Å². The maximum Gasteiger partial charge on any atom is 0.334 e. The third-order valence-electron chi connectivity index (χ3n) is 3.71. The van der Waals surface area contributed by atoms with Gasteiger partial charge in [0, 0.05) is 12.2 Å². The topological polar surface area (TPSA) is 120 Å². The number of carbonyl (C=O) groups excluding carboxylic acids is 1. The molecule has 0 saturated carbocycles. The molecule has 2 heterocycles. The minimum absolute atomic E-state index is 0.0470. The molecule has 12 heteroatoms. The molecule has 0 aliphatic carbocycles. The fraction of sp³-hybridized carbons (Fsp3) is 0.438. The number of aryl methyl sites for hydroxylation is 1. The van der Waals surface area contributed by atoms with Crippen LogP contribution >= 0.6 is 23.1 Å². The van der Waals surface area contributed by atoms with E-state index < -0.39 is 16.1 Å². The van der Waals surface area contributed by atoms with Gasteiger partial charge in [0.15, 0.2) is 10.6 Å². The lowest BCUT2D eigenvalue weighted by molar-refractivity contribution is -0.178. The van der Waals surface area contributed by atoms with Crippen LogP contribution in [0.5, 0.6) is 0 Å². The number of sulfonamides is 1. The van der Waals surface area contributed by atoms with Gasteiger partial charge in [0.2, 0.25) is 5.13 Å². The van der Waals surface area contributed by atoms with Gasteiger partial charge in [-0.25, -0.2) is 17.9 Å². The Hall–Kier alpha value is -1.73. The number of nitrogens with zero attached hydrogens (tertiary/aromatic N) is 2. The predicted molar refractivity (Wildman–Crippen MR) is 106 cm³/mol. The average Bonchev–Trinajstić information content (AvgIpc) is 3.09. The summed E-state index contributed by atoms with van der Waals surface area (Å²) in [6.45, 7) is 3.08. The van der Waals surface area contributed by atoms with Crippen LogP contribution < -0.4 is 10.0 Å². The smallest absolute Gasteiger partial charge is 0.334 e. The summed E-state index contributed by atoms with van der Waals surface area (Å²) in [5, 5.41) is 10.5. The Morgan fingerprint density at radius 1 is 1.29 bits per heavy atom. The number of hydrogen-bond donors (Lipinski definition) is 2. The summed E-state index contributed by atoms with van der Waals surface area (Å²) in [7, 11) is -3.97. The third kappa shape index (κ3) is 5.88. The number of anilines is 1. The average molecular weight is 445 g/mol. The molecule has 1 saturated heterocycles. The van der Waals surface area contributed by atoms with E-state index in [1.165, 1.54) is 29.2 Å². The van der Waals surface area contributed by atoms with Crippen molar-refractivity contribution in [1.29, 1.82) is 0 Å². The zero-order valence-electron chi connectivity index (χ0n) is 15.1. The number of nitrogens with one attached hydrogen (secondary N) is 2. The van der Waals surface area contributed by atoms with Crippen molar-refractivity contribution in [3.63, 3.8) is 0 Å². The Kier molecular flexibility index (Phi) is 7.24. The predicted octanol–water partition coefficient (Wildman–Crippen LogP) is 2.60. The summed E-state index contributed by atoms with van der Waals surface area (Å²) in [4.78, 5) is 12.1. The molecule has 1 aromatic carbocycles. The number of benzene rings is 1. The van der Waals surface area contributed by atoms with Gasteiger partial charge in [0.25, 0.3) is 10.0 Å². The van der Waals surface area contributed by atoms with Gasteiger partial charge in [0.1, 0.15) is 0 Å². The molecule has 0 bridgehead atoms. The molecule has 0 radical (unpaired) electrons. The number of urea groups is 1. The standard InChI is InChI=1S/C16H20N4O5S3/c1-11-5-2-3-6-12(11)28(22,23)20-14(21)17-15-18-19-16(27-15)26-10-7-13-24-8-4-9-25-13/h2-3,5-6,13H,4,7-10H2,1H3,(H2,17,18,20,21). The first-order valence-corrected chi connectivity index (χ1v) is 11.8. The van der Waals surface area contributed by atoms with Gasteiger partial charge in [-0.2, -0.15) is 0 Å². The molecule has 1 aliphatic rings. The molecule has 9 nitrogen and oxygen atoms in total. The largest absolute Gasteiger partial charge is 0.353 e. The van der Waals surface area contributed by atoms with Crippen molar-refractivity contribution >= 4 is 44.3 Å². The van der Waals surface area contributed by atoms with Gasteiger partial charge in [-0.05, 0) is 25.0 Å². The first-order chi connectivity index (χ1) is 13.4. The SMILES string of the molecule is Cc1ccccc1S(=O)(=O)NC(=O)Nc1nnc(SCCC2OCCCO2)s1. The van der Waals surface area contributed by atoms with Crippen molar-refractivity contribution in [1.82, 2.24) is 14.9 Å². The molecule has 1 fully saturated rings. The second-order valence-corrected chi connectivity index (χ2v) is 9.83. The fourth-order valence-electron chi connectivity index (χ4n) is 2.42. The molecule has 152 valence electrons. The van der Waals surface area contributed by atoms with Gasteiger partial charge >= 0.3 is 6.03 Å². The van der Waals surface area contributed by atoms with Crippen LogP contribution in [0.4, 0.5) is 9.93 Å². The molecule has 1 aromatic heterocycles. The second kappa shape index (κ2) is 9.65. The molecule has 0 spiro atoms. The molecule has 3 rings (SSSR count). The number of aromatic nitrogens is 2. The Balaban J connectivity index is 1.49. The lowest BCUT2D eigenvalue weighted by Crippen LogP contribution is -2.34. The van der Waals surface area contributed by atoms with Crippen molar-refractivity contribution in [2.24, 2.45) is 0 Å². The monoisotopic (exact) mass is 444 g/mol. The van der Waals surface area contributed by atoms with Crippen LogP contribution in [0, 0.1) is 6.92 Å². The molecule has 0 atom stereocenters. The van der Waals surface area contributed by atoms with E-state index in [4.69, 9.17) is 9.47 Å². The minimum atomic E-state index is -3.97. The Bertz CT molecular complexity index is 913. The van der Waals surface area contributed by atoms with E-state index >= 15 is 0 Å². The van der Waals surface area contributed by atoms with E-state index in [-0.39, 0.29) is 16.3 Å². The fourth-order valence-corrected chi connectivity index (χ4v) is 5.36. The second-order valence-electron chi connectivity index (χ2n) is 5.86. The lowest BCUT2D eigenvalue weighted by Gasteiger charge is -2.22. The highest BCUT2D eigenvalue weighted by Crippen LogP contribution is 2.27. The highest BCUT2D eigenvalue weighted by Gasteiger charge is 2.20. The molecular formula is C16H20N4O5S3.